The summed E-state index contributed by atoms with van der Waals surface area (Å²) in [5.41, 5.74) is 0.246. The Morgan fingerprint density at radius 1 is 1.18 bits per heavy atom. The van der Waals surface area contributed by atoms with Crippen LogP contribution < -0.4 is 0 Å². The molecule has 1 N–H and O–H groups in total. The fourth-order valence-electron chi connectivity index (χ4n) is 4.13. The number of H-pyrrole nitrogens is 1. The lowest BCUT2D eigenvalue weighted by Crippen LogP contribution is -2.29. The highest BCUT2D eigenvalue weighted by molar-refractivity contribution is 9.10. The van der Waals surface area contributed by atoms with Gasteiger partial charge in [0.15, 0.2) is 11.3 Å². The van der Waals surface area contributed by atoms with Gasteiger partial charge in [-0.3, -0.25) is 14.3 Å². The number of imidazole rings is 1. The van der Waals surface area contributed by atoms with Gasteiger partial charge in [-0.25, -0.2) is 9.37 Å². The van der Waals surface area contributed by atoms with Gasteiger partial charge in [0.05, 0.1) is 11.8 Å². The topological polar surface area (TPSA) is 66.3 Å². The molecule has 1 saturated heterocycles. The van der Waals surface area contributed by atoms with Crippen LogP contribution >= 0.6 is 15.9 Å². The molecule has 0 spiro atoms. The Bertz CT molecular complexity index is 1330. The van der Waals surface area contributed by atoms with Crippen LogP contribution in [0.4, 0.5) is 17.6 Å². The van der Waals surface area contributed by atoms with E-state index >= 15 is 0 Å². The second kappa shape index (κ2) is 7.98. The van der Waals surface area contributed by atoms with Crippen molar-refractivity contribution in [3.63, 3.8) is 0 Å². The van der Waals surface area contributed by atoms with Crippen molar-refractivity contribution < 1.29 is 22.4 Å². The number of carbonyl (C=O) groups is 1. The smallest absolute Gasteiger partial charge is 0.337 e. The minimum absolute atomic E-state index is 0.0174. The second-order valence-corrected chi connectivity index (χ2v) is 8.61. The molecule has 3 aromatic heterocycles. The molecular formula is C22H16BrF4N5O. The van der Waals surface area contributed by atoms with Crippen molar-refractivity contribution in [1.29, 1.82) is 0 Å². The number of nitrogens with zero attached hydrogens (tertiary/aromatic N) is 4. The number of hydrogen-bond acceptors (Lipinski definition) is 3. The van der Waals surface area contributed by atoms with E-state index in [2.05, 4.69) is 31.1 Å². The molecule has 0 bridgehead atoms. The molecule has 6 nitrogen and oxygen atoms in total. The molecular weight excluding hydrogens is 506 g/mol. The van der Waals surface area contributed by atoms with Gasteiger partial charge in [0.25, 0.3) is 5.91 Å². The highest BCUT2D eigenvalue weighted by Crippen LogP contribution is 2.37. The first-order valence-electron chi connectivity index (χ1n) is 10.0. The number of aromatic amines is 1. The molecule has 4 heterocycles. The van der Waals surface area contributed by atoms with Crippen molar-refractivity contribution in [2.24, 2.45) is 0 Å². The van der Waals surface area contributed by atoms with E-state index in [4.69, 9.17) is 0 Å². The maximum absolute atomic E-state index is 13.8. The average Bonchev–Trinajstić information content (AvgIpc) is 3.53. The molecule has 5 rings (SSSR count). The number of benzene rings is 1. The van der Waals surface area contributed by atoms with Crippen LogP contribution in [-0.4, -0.2) is 43.5 Å². The van der Waals surface area contributed by atoms with Gasteiger partial charge in [0.1, 0.15) is 10.4 Å². The molecule has 1 fully saturated rings. The van der Waals surface area contributed by atoms with E-state index in [1.807, 2.05) is 0 Å². The summed E-state index contributed by atoms with van der Waals surface area (Å²) >= 11 is 3.29. The van der Waals surface area contributed by atoms with Gasteiger partial charge in [0.2, 0.25) is 0 Å². The Kier molecular flexibility index (Phi) is 5.23. The molecule has 1 unspecified atom stereocenters. The average molecular weight is 522 g/mol. The van der Waals surface area contributed by atoms with Gasteiger partial charge >= 0.3 is 6.18 Å². The molecule has 4 aromatic rings. The summed E-state index contributed by atoms with van der Waals surface area (Å²) in [6, 6.07) is 7.10. The monoisotopic (exact) mass is 521 g/mol. The lowest BCUT2D eigenvalue weighted by Gasteiger charge is -2.15. The molecule has 1 aliphatic rings. The van der Waals surface area contributed by atoms with E-state index in [-0.39, 0.29) is 33.2 Å². The molecule has 1 atom stereocenters. The van der Waals surface area contributed by atoms with Gasteiger partial charge in [-0.1, -0.05) is 12.1 Å². The first-order valence-corrected chi connectivity index (χ1v) is 10.8. The first-order chi connectivity index (χ1) is 15.7. The highest BCUT2D eigenvalue weighted by atomic mass is 79.9. The maximum Gasteiger partial charge on any atom is 0.420 e. The standard InChI is InChI=1S/C22H16BrF4N5O/c23-19-18(21(33)31-6-5-13(10-31)12-1-3-16(24)4-2-12)30-20-17(22(25,26)27)7-14(11-32(19)20)15-8-28-29-9-15/h1-4,7-9,11,13H,5-6,10H2,(H,28,29). The van der Waals surface area contributed by atoms with Crippen molar-refractivity contribution in [2.75, 3.05) is 13.1 Å². The van der Waals surface area contributed by atoms with Gasteiger partial charge in [-0.05, 0) is 46.1 Å². The normalized spacial score (nSPS) is 16.6. The van der Waals surface area contributed by atoms with Gasteiger partial charge in [-0.15, -0.1) is 0 Å². The van der Waals surface area contributed by atoms with E-state index in [0.29, 0.717) is 25.1 Å². The minimum atomic E-state index is -4.67. The molecule has 0 radical (unpaired) electrons. The fraction of sp³-hybridized carbons (Fsp3) is 0.227. The van der Waals surface area contributed by atoms with Crippen molar-refractivity contribution >= 4 is 27.5 Å². The van der Waals surface area contributed by atoms with Crippen LogP contribution in [0.2, 0.25) is 0 Å². The number of rotatable bonds is 3. The van der Waals surface area contributed by atoms with Crippen LogP contribution in [-0.2, 0) is 6.18 Å². The lowest BCUT2D eigenvalue weighted by atomic mass is 9.99. The van der Waals surface area contributed by atoms with E-state index < -0.39 is 17.6 Å². The molecule has 33 heavy (non-hydrogen) atoms. The second-order valence-electron chi connectivity index (χ2n) is 7.86. The predicted octanol–water partition coefficient (Wildman–Crippen LogP) is 5.27. The summed E-state index contributed by atoms with van der Waals surface area (Å²) in [5.74, 6) is -0.787. The van der Waals surface area contributed by atoms with E-state index in [0.717, 1.165) is 11.6 Å². The third-order valence-electron chi connectivity index (χ3n) is 5.82. The van der Waals surface area contributed by atoms with E-state index in [1.54, 1.807) is 17.0 Å². The van der Waals surface area contributed by atoms with Gasteiger partial charge in [-0.2, -0.15) is 18.3 Å². The van der Waals surface area contributed by atoms with Crippen molar-refractivity contribution in [2.45, 2.75) is 18.5 Å². The number of pyridine rings is 1. The fourth-order valence-corrected chi connectivity index (χ4v) is 4.66. The zero-order chi connectivity index (χ0) is 23.3. The SMILES string of the molecule is O=C(c1nc2c(C(F)(F)F)cc(-c3cn[nH]c3)cn2c1Br)N1CCC(c2ccc(F)cc2)C1. The zero-order valence-corrected chi connectivity index (χ0v) is 18.5. The van der Waals surface area contributed by atoms with E-state index in [1.165, 1.54) is 35.1 Å². The van der Waals surface area contributed by atoms with Crippen molar-refractivity contribution in [3.8, 4) is 11.1 Å². The van der Waals surface area contributed by atoms with Crippen molar-refractivity contribution in [3.05, 3.63) is 76.2 Å². The van der Waals surface area contributed by atoms with Crippen LogP contribution in [0.15, 0.2) is 53.5 Å². The largest absolute Gasteiger partial charge is 0.420 e. The Labute approximate surface area is 193 Å². The number of carbonyl (C=O) groups excluding carboxylic acids is 1. The first kappa shape index (κ1) is 21.6. The Balaban J connectivity index is 1.51. The molecule has 0 aliphatic carbocycles. The zero-order valence-electron chi connectivity index (χ0n) is 16.9. The summed E-state index contributed by atoms with van der Waals surface area (Å²) in [6.45, 7) is 0.796. The van der Waals surface area contributed by atoms with Crippen molar-refractivity contribution in [1.82, 2.24) is 24.5 Å². The quantitative estimate of drug-likeness (QED) is 0.373. The van der Waals surface area contributed by atoms with Gasteiger partial charge < -0.3 is 4.90 Å². The van der Waals surface area contributed by atoms with Gasteiger partial charge in [0, 0.05) is 42.5 Å². The number of nitrogens with one attached hydrogen (secondary N) is 1. The molecule has 11 heteroatoms. The highest BCUT2D eigenvalue weighted by Gasteiger charge is 2.37. The summed E-state index contributed by atoms with van der Waals surface area (Å²) in [5, 5.41) is 6.37. The molecule has 1 amide bonds. The number of hydrogen-bond donors (Lipinski definition) is 1. The number of fused-ring (bicyclic) bond motifs is 1. The third kappa shape index (κ3) is 3.90. The van der Waals surface area contributed by atoms with Crippen LogP contribution in [0.1, 0.15) is 34.0 Å². The molecule has 0 saturated carbocycles. The Morgan fingerprint density at radius 3 is 2.61 bits per heavy atom. The number of alkyl halides is 3. The molecule has 1 aliphatic heterocycles. The third-order valence-corrected chi connectivity index (χ3v) is 6.58. The number of amides is 1. The molecule has 1 aromatic carbocycles. The predicted molar refractivity (Wildman–Crippen MR) is 115 cm³/mol. The summed E-state index contributed by atoms with van der Waals surface area (Å²) in [6.07, 6.45) is 0.374. The number of likely N-dealkylation sites (tertiary alicyclic amines) is 1. The maximum atomic E-state index is 13.8. The number of aromatic nitrogens is 4. The summed E-state index contributed by atoms with van der Waals surface area (Å²) < 4.78 is 56.1. The van der Waals surface area contributed by atoms with Crippen LogP contribution in [0.3, 0.4) is 0 Å². The van der Waals surface area contributed by atoms with Crippen LogP contribution in [0.5, 0.6) is 0 Å². The summed E-state index contributed by atoms with van der Waals surface area (Å²) in [4.78, 5) is 18.9. The lowest BCUT2D eigenvalue weighted by molar-refractivity contribution is -0.136. The van der Waals surface area contributed by atoms with Crippen LogP contribution in [0.25, 0.3) is 16.8 Å². The Hall–Kier alpha value is -3.21. The molecule has 170 valence electrons. The van der Waals surface area contributed by atoms with E-state index in [9.17, 15) is 22.4 Å². The van der Waals surface area contributed by atoms with Crippen LogP contribution in [0, 0.1) is 5.82 Å². The minimum Gasteiger partial charge on any atom is -0.337 e. The Morgan fingerprint density at radius 2 is 1.94 bits per heavy atom. The summed E-state index contributed by atoms with van der Waals surface area (Å²) in [7, 11) is 0. The number of halogens is 5.